The summed E-state index contributed by atoms with van der Waals surface area (Å²) in [6, 6.07) is 16.4. The summed E-state index contributed by atoms with van der Waals surface area (Å²) >= 11 is 6.44. The molecule has 8 heteroatoms. The molecule has 0 aromatic carbocycles. The molecule has 0 aliphatic rings. The number of nitriles is 2. The van der Waals surface area contributed by atoms with Crippen molar-refractivity contribution in [1.82, 2.24) is 0 Å². The molecule has 0 aliphatic carbocycles. The van der Waals surface area contributed by atoms with Gasteiger partial charge in [0, 0.05) is 27.2 Å². The lowest BCUT2D eigenvalue weighted by Crippen LogP contribution is -1.95. The van der Waals surface area contributed by atoms with Gasteiger partial charge in [-0.05, 0) is 60.4 Å². The molecule has 0 fully saturated rings. The molecule has 0 unspecified atom stereocenters. The highest BCUT2D eigenvalue weighted by Gasteiger charge is 2.09. The second kappa shape index (κ2) is 10.2. The summed E-state index contributed by atoms with van der Waals surface area (Å²) in [7, 11) is 0. The lowest BCUT2D eigenvalue weighted by molar-refractivity contribution is 1.14. The largest absolute Gasteiger partial charge is 0.536 e. The predicted molar refractivity (Wildman–Crippen MR) is 140 cm³/mol. The van der Waals surface area contributed by atoms with Gasteiger partial charge in [0.2, 0.25) is 0 Å². The Labute approximate surface area is 211 Å². The Morgan fingerprint density at radius 3 is 1.62 bits per heavy atom. The van der Waals surface area contributed by atoms with Gasteiger partial charge in [0.05, 0.1) is 4.53 Å². The highest BCUT2D eigenvalue weighted by atomic mass is 32.1. The van der Waals surface area contributed by atoms with Crippen LogP contribution in [-0.2, 0) is 12.8 Å². The van der Waals surface area contributed by atoms with Crippen molar-refractivity contribution in [2.24, 2.45) is 0 Å². The molecular formula is C26H16N4S4. The van der Waals surface area contributed by atoms with Crippen molar-refractivity contribution in [2.45, 2.75) is 26.7 Å². The normalized spacial score (nSPS) is 13.4. The van der Waals surface area contributed by atoms with E-state index in [-0.39, 0.29) is 11.4 Å². The van der Waals surface area contributed by atoms with Crippen molar-refractivity contribution in [3.63, 3.8) is 0 Å². The number of hydrogen-bond donors (Lipinski definition) is 0. The summed E-state index contributed by atoms with van der Waals surface area (Å²) < 4.78 is 8.30. The van der Waals surface area contributed by atoms with Gasteiger partial charge in [0.25, 0.3) is 0 Å². The van der Waals surface area contributed by atoms with E-state index in [0.29, 0.717) is 0 Å². The monoisotopic (exact) mass is 512 g/mol. The number of nitrogens with zero attached hydrogens (tertiary/aromatic N) is 4. The smallest absolute Gasteiger partial charge is 0.192 e. The predicted octanol–water partition coefficient (Wildman–Crippen LogP) is 6.02. The molecule has 0 N–H and O–H groups in total. The van der Waals surface area contributed by atoms with E-state index in [1.54, 1.807) is 22.7 Å². The molecule has 0 radical (unpaired) electrons. The Morgan fingerprint density at radius 1 is 0.735 bits per heavy atom. The summed E-state index contributed by atoms with van der Waals surface area (Å²) in [6.45, 7) is 18.7. The zero-order chi connectivity index (χ0) is 24.2. The first kappa shape index (κ1) is 23.7. The lowest BCUT2D eigenvalue weighted by atomic mass is 10.2. The van der Waals surface area contributed by atoms with Gasteiger partial charge in [-0.15, -0.1) is 45.3 Å². The minimum atomic E-state index is 0.126. The third-order valence-corrected chi connectivity index (χ3v) is 10.3. The van der Waals surface area contributed by atoms with E-state index in [1.165, 1.54) is 27.2 Å². The molecule has 4 heterocycles. The van der Waals surface area contributed by atoms with Crippen LogP contribution in [0.5, 0.6) is 0 Å². The summed E-state index contributed by atoms with van der Waals surface area (Å²) in [5, 5.41) is 18.5. The van der Waals surface area contributed by atoms with Crippen molar-refractivity contribution < 1.29 is 0 Å². The van der Waals surface area contributed by atoms with Crippen LogP contribution in [0.2, 0.25) is 0 Å². The van der Waals surface area contributed by atoms with Crippen LogP contribution in [-0.4, -0.2) is 0 Å². The Hall–Kier alpha value is -3.50. The maximum Gasteiger partial charge on any atom is 0.536 e. The molecule has 0 saturated heterocycles. The molecular weight excluding hydrogens is 497 g/mol. The highest BCUT2D eigenvalue weighted by molar-refractivity contribution is 7.14. The minimum Gasteiger partial charge on any atom is -0.192 e. The minimum absolute atomic E-state index is 0.126. The van der Waals surface area contributed by atoms with Crippen LogP contribution in [0, 0.1) is 63.0 Å². The maximum absolute atomic E-state index is 9.24. The summed E-state index contributed by atoms with van der Waals surface area (Å²) in [5.74, 6) is 0.126. The van der Waals surface area contributed by atoms with Gasteiger partial charge in [-0.25, -0.2) is 0 Å². The highest BCUT2D eigenvalue weighted by Crippen LogP contribution is 2.20. The molecule has 0 bridgehead atoms. The molecule has 34 heavy (non-hydrogen) atoms. The maximum atomic E-state index is 9.24. The molecule has 0 atom stereocenters. The molecule has 0 amide bonds. The molecule has 4 aromatic heterocycles. The van der Waals surface area contributed by atoms with E-state index in [9.17, 15) is 10.5 Å². The van der Waals surface area contributed by atoms with E-state index in [0.717, 1.165) is 55.7 Å². The Morgan fingerprint density at radius 2 is 1.18 bits per heavy atom. The van der Waals surface area contributed by atoms with E-state index < -0.39 is 0 Å². The fourth-order valence-corrected chi connectivity index (χ4v) is 8.27. The average molecular weight is 513 g/mol. The molecule has 0 saturated carbocycles. The summed E-state index contributed by atoms with van der Waals surface area (Å²) in [4.78, 5) is 6.75. The Bertz CT molecular complexity index is 1810. The molecule has 0 spiro atoms. The van der Waals surface area contributed by atoms with Crippen LogP contribution in [0.25, 0.3) is 21.1 Å². The molecule has 4 aromatic rings. The lowest BCUT2D eigenvalue weighted by Gasteiger charge is -1.86. The van der Waals surface area contributed by atoms with Gasteiger partial charge in [0.1, 0.15) is 35.4 Å². The molecule has 4 rings (SSSR count). The average Bonchev–Trinajstić information content (AvgIpc) is 3.65. The van der Waals surface area contributed by atoms with Crippen LogP contribution in [0.1, 0.15) is 25.0 Å². The van der Waals surface area contributed by atoms with E-state index in [1.807, 2.05) is 24.3 Å². The van der Waals surface area contributed by atoms with Crippen molar-refractivity contribution >= 4 is 56.7 Å². The van der Waals surface area contributed by atoms with Crippen LogP contribution in [0.15, 0.2) is 36.4 Å². The van der Waals surface area contributed by atoms with Crippen molar-refractivity contribution in [3.8, 4) is 12.1 Å². The number of rotatable bonds is 2. The SMILES string of the molecule is [C-]#[N+]C([N+]#[C-])=c1cc(CC)/c(=c2/cc/c(=c3/cc/c(=c4\sc(=C(C#N)C#N)cc4CC)s3)s2)s1. The number of thiophene rings is 4. The second-order valence-electron chi connectivity index (χ2n) is 7.11. The second-order valence-corrected chi connectivity index (χ2v) is 11.4. The quantitative estimate of drug-likeness (QED) is 0.308. The van der Waals surface area contributed by atoms with Gasteiger partial charge in [-0.2, -0.15) is 20.2 Å². The Balaban J connectivity index is 2.05. The fourth-order valence-electron chi connectivity index (χ4n) is 3.49. The first-order valence-corrected chi connectivity index (χ1v) is 13.6. The van der Waals surface area contributed by atoms with E-state index in [2.05, 4.69) is 47.8 Å². The van der Waals surface area contributed by atoms with Crippen LogP contribution in [0.3, 0.4) is 0 Å². The first-order valence-electron chi connectivity index (χ1n) is 10.3. The van der Waals surface area contributed by atoms with E-state index in [4.69, 9.17) is 13.1 Å². The topological polar surface area (TPSA) is 56.3 Å². The molecule has 4 nitrogen and oxygen atoms in total. The number of aryl methyl sites for hydroxylation is 2. The summed E-state index contributed by atoms with van der Waals surface area (Å²) in [6.07, 6.45) is 1.68. The van der Waals surface area contributed by atoms with Crippen molar-refractivity contribution in [2.75, 3.05) is 0 Å². The van der Waals surface area contributed by atoms with Gasteiger partial charge in [0.15, 0.2) is 0 Å². The molecule has 164 valence electrons. The van der Waals surface area contributed by atoms with Gasteiger partial charge >= 0.3 is 5.82 Å². The zero-order valence-electron chi connectivity index (χ0n) is 18.3. The number of hydrogen-bond acceptors (Lipinski definition) is 6. The van der Waals surface area contributed by atoms with Crippen LogP contribution < -0.4 is 9.06 Å². The third kappa shape index (κ3) is 4.34. The zero-order valence-corrected chi connectivity index (χ0v) is 21.6. The van der Waals surface area contributed by atoms with Gasteiger partial charge in [-0.3, -0.25) is 0 Å². The fraction of sp³-hybridized carbons (Fsp3) is 0.154. The third-order valence-electron chi connectivity index (χ3n) is 5.18. The van der Waals surface area contributed by atoms with Crippen molar-refractivity contribution in [3.05, 3.63) is 107 Å². The standard InChI is InChI=1S/C26H16N4S4/c1-5-15-11-22(17(13-27)14-28)33-24(15)20-9-7-18(31-20)19-8-10-21(32-19)25-16(6-2)12-23(34-25)26(29-3)30-4/h7-12H,5-6H2,1-2H3/b19-18+,24-20+,25-21+. The van der Waals surface area contributed by atoms with Gasteiger partial charge < -0.3 is 0 Å². The molecule has 0 aliphatic heterocycles. The van der Waals surface area contributed by atoms with Crippen LogP contribution >= 0.6 is 45.3 Å². The summed E-state index contributed by atoms with van der Waals surface area (Å²) in [5.41, 5.74) is 2.46. The Kier molecular flexibility index (Phi) is 7.09. The van der Waals surface area contributed by atoms with E-state index >= 15 is 0 Å². The van der Waals surface area contributed by atoms with Crippen LogP contribution in [0.4, 0.5) is 0 Å². The first-order chi connectivity index (χ1) is 16.6. The van der Waals surface area contributed by atoms with Gasteiger partial charge in [-0.1, -0.05) is 13.8 Å². The van der Waals surface area contributed by atoms with Crippen molar-refractivity contribution in [1.29, 1.82) is 10.5 Å².